The molecule has 0 saturated carbocycles. The van der Waals surface area contributed by atoms with Crippen LogP contribution in [0.1, 0.15) is 30.0 Å². The van der Waals surface area contributed by atoms with Gasteiger partial charge in [0, 0.05) is 24.8 Å². The third kappa shape index (κ3) is 2.99. The largest absolute Gasteiger partial charge is 0.381 e. The lowest BCUT2D eigenvalue weighted by molar-refractivity contribution is 0.0579. The van der Waals surface area contributed by atoms with Crippen molar-refractivity contribution in [3.63, 3.8) is 0 Å². The van der Waals surface area contributed by atoms with E-state index < -0.39 is 17.7 Å². The summed E-state index contributed by atoms with van der Waals surface area (Å²) in [5.41, 5.74) is 6.62. The minimum absolute atomic E-state index is 0. The molecule has 1 saturated heterocycles. The van der Waals surface area contributed by atoms with Gasteiger partial charge in [-0.05, 0) is 31.2 Å². The maximum absolute atomic E-state index is 13.8. The molecular formula is C13H18ClF2NO. The molecule has 0 aliphatic carbocycles. The van der Waals surface area contributed by atoms with Crippen LogP contribution in [0.2, 0.25) is 0 Å². The Kier molecular flexibility index (Phi) is 5.50. The summed E-state index contributed by atoms with van der Waals surface area (Å²) in [7, 11) is 0. The molecule has 0 amide bonds. The molecule has 102 valence electrons. The fourth-order valence-corrected chi connectivity index (χ4v) is 2.25. The number of nitrogens with two attached hydrogens (primary N) is 1. The van der Waals surface area contributed by atoms with Crippen LogP contribution < -0.4 is 5.73 Å². The lowest BCUT2D eigenvalue weighted by Gasteiger charge is -2.28. The van der Waals surface area contributed by atoms with E-state index in [4.69, 9.17) is 10.5 Å². The Morgan fingerprint density at radius 1 is 1.22 bits per heavy atom. The third-order valence-electron chi connectivity index (χ3n) is 3.44. The number of aryl methyl sites for hydroxylation is 1. The zero-order valence-electron chi connectivity index (χ0n) is 10.3. The van der Waals surface area contributed by atoms with Crippen LogP contribution in [0.25, 0.3) is 0 Å². The molecule has 1 fully saturated rings. The predicted molar refractivity (Wildman–Crippen MR) is 68.8 cm³/mol. The van der Waals surface area contributed by atoms with Gasteiger partial charge in [0.15, 0.2) is 11.6 Å². The highest BCUT2D eigenvalue weighted by molar-refractivity contribution is 5.85. The van der Waals surface area contributed by atoms with Gasteiger partial charge in [0.1, 0.15) is 0 Å². The van der Waals surface area contributed by atoms with Crippen LogP contribution in [-0.2, 0) is 4.74 Å². The molecule has 2 nitrogen and oxygen atoms in total. The summed E-state index contributed by atoms with van der Waals surface area (Å²) in [5.74, 6) is -1.42. The molecule has 0 bridgehead atoms. The second kappa shape index (κ2) is 6.45. The maximum Gasteiger partial charge on any atom is 0.163 e. The quantitative estimate of drug-likeness (QED) is 0.901. The van der Waals surface area contributed by atoms with E-state index in [9.17, 15) is 8.78 Å². The average Bonchev–Trinajstić information content (AvgIpc) is 2.36. The Bertz CT molecular complexity index is 408. The van der Waals surface area contributed by atoms with Gasteiger partial charge >= 0.3 is 0 Å². The van der Waals surface area contributed by atoms with Gasteiger partial charge in [-0.25, -0.2) is 8.78 Å². The summed E-state index contributed by atoms with van der Waals surface area (Å²) >= 11 is 0. The van der Waals surface area contributed by atoms with Crippen LogP contribution in [0.15, 0.2) is 12.1 Å². The zero-order chi connectivity index (χ0) is 12.4. The summed E-state index contributed by atoms with van der Waals surface area (Å²) in [5, 5.41) is 0. The summed E-state index contributed by atoms with van der Waals surface area (Å²) in [6.45, 7) is 2.84. The Morgan fingerprint density at radius 3 is 2.44 bits per heavy atom. The van der Waals surface area contributed by atoms with Crippen molar-refractivity contribution in [3.8, 4) is 0 Å². The summed E-state index contributed by atoms with van der Waals surface area (Å²) in [6, 6.07) is 2.72. The fourth-order valence-electron chi connectivity index (χ4n) is 2.25. The van der Waals surface area contributed by atoms with Gasteiger partial charge in [0.25, 0.3) is 0 Å². The lowest BCUT2D eigenvalue weighted by Crippen LogP contribution is -2.28. The highest BCUT2D eigenvalue weighted by Gasteiger charge is 2.25. The molecule has 0 radical (unpaired) electrons. The minimum Gasteiger partial charge on any atom is -0.381 e. The van der Waals surface area contributed by atoms with E-state index in [0.717, 1.165) is 12.8 Å². The first-order valence-electron chi connectivity index (χ1n) is 5.89. The molecular weight excluding hydrogens is 260 g/mol. The Balaban J connectivity index is 0.00000162. The summed E-state index contributed by atoms with van der Waals surface area (Å²) in [6.07, 6.45) is 1.60. The molecule has 1 aliphatic heterocycles. The maximum atomic E-state index is 13.8. The molecule has 2 rings (SSSR count). The van der Waals surface area contributed by atoms with Gasteiger partial charge in [0.2, 0.25) is 0 Å². The number of halogens is 3. The molecule has 1 aliphatic rings. The van der Waals surface area contributed by atoms with Gasteiger partial charge in [-0.1, -0.05) is 12.1 Å². The number of benzene rings is 1. The third-order valence-corrected chi connectivity index (χ3v) is 3.44. The van der Waals surface area contributed by atoms with Crippen molar-refractivity contribution in [1.29, 1.82) is 0 Å². The highest BCUT2D eigenvalue weighted by Crippen LogP contribution is 2.30. The number of hydrogen-bond acceptors (Lipinski definition) is 2. The fraction of sp³-hybridized carbons (Fsp3) is 0.538. The predicted octanol–water partition coefficient (Wildman–Crippen LogP) is 3.12. The smallest absolute Gasteiger partial charge is 0.163 e. The highest BCUT2D eigenvalue weighted by atomic mass is 35.5. The monoisotopic (exact) mass is 277 g/mol. The van der Waals surface area contributed by atoms with Crippen molar-refractivity contribution in [2.24, 2.45) is 11.7 Å². The van der Waals surface area contributed by atoms with Crippen molar-refractivity contribution in [2.45, 2.75) is 25.8 Å². The molecule has 1 heterocycles. The van der Waals surface area contributed by atoms with Gasteiger partial charge in [0.05, 0.1) is 0 Å². The van der Waals surface area contributed by atoms with Crippen molar-refractivity contribution in [1.82, 2.24) is 0 Å². The van der Waals surface area contributed by atoms with Gasteiger partial charge in [-0.3, -0.25) is 0 Å². The normalized spacial score (nSPS) is 18.2. The second-order valence-corrected chi connectivity index (χ2v) is 4.58. The van der Waals surface area contributed by atoms with E-state index in [2.05, 4.69) is 0 Å². The molecule has 1 aromatic rings. The topological polar surface area (TPSA) is 35.2 Å². The SMILES string of the molecule is Cc1ccc([C@@H](N)C2CCOCC2)c(F)c1F.Cl. The van der Waals surface area contributed by atoms with Crippen LogP contribution in [-0.4, -0.2) is 13.2 Å². The number of ether oxygens (including phenoxy) is 1. The Morgan fingerprint density at radius 2 is 1.83 bits per heavy atom. The molecule has 0 unspecified atom stereocenters. The van der Waals surface area contributed by atoms with E-state index in [1.807, 2.05) is 0 Å². The Labute approximate surface area is 112 Å². The standard InChI is InChI=1S/C13H17F2NO.ClH/c1-8-2-3-10(12(15)11(8)14)13(16)9-4-6-17-7-5-9;/h2-3,9,13H,4-7,16H2,1H3;1H/t13-;/m0./s1. The minimum atomic E-state index is -0.802. The summed E-state index contributed by atoms with van der Waals surface area (Å²) < 4.78 is 32.5. The zero-order valence-corrected chi connectivity index (χ0v) is 11.1. The van der Waals surface area contributed by atoms with Crippen LogP contribution in [0, 0.1) is 24.5 Å². The van der Waals surface area contributed by atoms with Crippen molar-refractivity contribution < 1.29 is 13.5 Å². The van der Waals surface area contributed by atoms with Gasteiger partial charge < -0.3 is 10.5 Å². The first-order chi connectivity index (χ1) is 8.11. The van der Waals surface area contributed by atoms with Crippen molar-refractivity contribution >= 4 is 12.4 Å². The van der Waals surface area contributed by atoms with E-state index in [-0.39, 0.29) is 23.9 Å². The van der Waals surface area contributed by atoms with Crippen molar-refractivity contribution in [3.05, 3.63) is 34.9 Å². The summed E-state index contributed by atoms with van der Waals surface area (Å²) in [4.78, 5) is 0. The Hall–Kier alpha value is -0.710. The van der Waals surface area contributed by atoms with Crippen LogP contribution >= 0.6 is 12.4 Å². The lowest BCUT2D eigenvalue weighted by atomic mass is 9.87. The van der Waals surface area contributed by atoms with E-state index in [1.165, 1.54) is 0 Å². The first-order valence-corrected chi connectivity index (χ1v) is 5.89. The van der Waals surface area contributed by atoms with E-state index in [0.29, 0.717) is 18.8 Å². The molecule has 5 heteroatoms. The van der Waals surface area contributed by atoms with Gasteiger partial charge in [-0.2, -0.15) is 0 Å². The van der Waals surface area contributed by atoms with E-state index in [1.54, 1.807) is 19.1 Å². The number of rotatable bonds is 2. The molecule has 1 atom stereocenters. The van der Waals surface area contributed by atoms with E-state index >= 15 is 0 Å². The number of hydrogen-bond donors (Lipinski definition) is 1. The molecule has 0 spiro atoms. The van der Waals surface area contributed by atoms with Crippen LogP contribution in [0.5, 0.6) is 0 Å². The molecule has 2 N–H and O–H groups in total. The van der Waals surface area contributed by atoms with Crippen molar-refractivity contribution in [2.75, 3.05) is 13.2 Å². The van der Waals surface area contributed by atoms with Crippen LogP contribution in [0.3, 0.4) is 0 Å². The average molecular weight is 278 g/mol. The molecule has 1 aromatic carbocycles. The second-order valence-electron chi connectivity index (χ2n) is 4.58. The van der Waals surface area contributed by atoms with Gasteiger partial charge in [-0.15, -0.1) is 12.4 Å². The van der Waals surface area contributed by atoms with Crippen LogP contribution in [0.4, 0.5) is 8.78 Å². The molecule has 18 heavy (non-hydrogen) atoms. The molecule has 0 aromatic heterocycles. The first kappa shape index (κ1) is 15.3.